The summed E-state index contributed by atoms with van der Waals surface area (Å²) in [5, 5.41) is 0. The number of hydrogen-bond donors (Lipinski definition) is 0. The summed E-state index contributed by atoms with van der Waals surface area (Å²) in [5.41, 5.74) is 2.32. The Bertz CT molecular complexity index is 222. The molecule has 0 aliphatic rings. The van der Waals surface area contributed by atoms with E-state index in [1.54, 1.807) is 11.3 Å². The molecular weight excluding hydrogens is 178 g/mol. The number of aromatic nitrogens is 1. The monoisotopic (exact) mass is 197 g/mol. The molecule has 0 fully saturated rings. The molecule has 1 aromatic heterocycles. The molecule has 0 saturated heterocycles. The fourth-order valence-corrected chi connectivity index (χ4v) is 2.83. The van der Waals surface area contributed by atoms with Gasteiger partial charge in [-0.2, -0.15) is 0 Å². The maximum atomic E-state index is 4.17. The third kappa shape index (κ3) is 2.53. The van der Waals surface area contributed by atoms with E-state index in [0.29, 0.717) is 5.41 Å². The van der Waals surface area contributed by atoms with Crippen LogP contribution < -0.4 is 0 Å². The lowest BCUT2D eigenvalue weighted by Crippen LogP contribution is -2.19. The Morgan fingerprint density at radius 3 is 2.31 bits per heavy atom. The molecule has 0 saturated carbocycles. The van der Waals surface area contributed by atoms with Gasteiger partial charge in [-0.25, -0.2) is 0 Å². The van der Waals surface area contributed by atoms with Crippen molar-refractivity contribution in [2.45, 2.75) is 51.9 Å². The lowest BCUT2D eigenvalue weighted by molar-refractivity contribution is 0.399. The Kier molecular flexibility index (Phi) is 3.91. The zero-order valence-electron chi connectivity index (χ0n) is 8.84. The van der Waals surface area contributed by atoms with Crippen molar-refractivity contribution in [2.24, 2.45) is 0 Å². The normalized spacial score (nSPS) is 11.9. The third-order valence-electron chi connectivity index (χ3n) is 2.63. The van der Waals surface area contributed by atoms with E-state index in [1.807, 2.05) is 11.7 Å². The van der Waals surface area contributed by atoms with Gasteiger partial charge in [0.1, 0.15) is 0 Å². The summed E-state index contributed by atoms with van der Waals surface area (Å²) in [4.78, 5) is 5.63. The molecule has 13 heavy (non-hydrogen) atoms. The van der Waals surface area contributed by atoms with Crippen LogP contribution in [0.4, 0.5) is 0 Å². The van der Waals surface area contributed by atoms with Crippen LogP contribution in [0.15, 0.2) is 11.7 Å². The van der Waals surface area contributed by atoms with E-state index >= 15 is 0 Å². The van der Waals surface area contributed by atoms with Crippen LogP contribution in [0.3, 0.4) is 0 Å². The van der Waals surface area contributed by atoms with Gasteiger partial charge in [0.05, 0.1) is 5.51 Å². The molecule has 0 bridgehead atoms. The summed E-state index contributed by atoms with van der Waals surface area (Å²) in [6.45, 7) is 6.89. The second kappa shape index (κ2) is 4.75. The predicted molar refractivity (Wildman–Crippen MR) is 59.3 cm³/mol. The highest BCUT2D eigenvalue weighted by atomic mass is 32.1. The highest BCUT2D eigenvalue weighted by Crippen LogP contribution is 2.35. The first kappa shape index (κ1) is 10.7. The van der Waals surface area contributed by atoms with Crippen LogP contribution in [-0.4, -0.2) is 4.98 Å². The quantitative estimate of drug-likeness (QED) is 0.695. The fourth-order valence-electron chi connectivity index (χ4n) is 1.99. The summed E-state index contributed by atoms with van der Waals surface area (Å²) in [6, 6.07) is 0. The Hall–Kier alpha value is -0.370. The minimum Gasteiger partial charge on any atom is -0.253 e. The van der Waals surface area contributed by atoms with Gasteiger partial charge in [-0.15, -0.1) is 11.3 Å². The maximum absolute atomic E-state index is 4.17. The first-order valence-electron chi connectivity index (χ1n) is 5.12. The minimum absolute atomic E-state index is 0.380. The second-order valence-corrected chi connectivity index (χ2v) is 4.81. The van der Waals surface area contributed by atoms with E-state index < -0.39 is 0 Å². The van der Waals surface area contributed by atoms with Crippen LogP contribution >= 0.6 is 11.3 Å². The fraction of sp³-hybridized carbons (Fsp3) is 0.727. The molecule has 0 aliphatic carbocycles. The van der Waals surface area contributed by atoms with Crippen LogP contribution in [-0.2, 0) is 5.41 Å². The Morgan fingerprint density at radius 2 is 1.92 bits per heavy atom. The minimum atomic E-state index is 0.380. The third-order valence-corrected chi connectivity index (χ3v) is 3.71. The van der Waals surface area contributed by atoms with Gasteiger partial charge in [0.25, 0.3) is 0 Å². The first-order chi connectivity index (χ1) is 6.23. The summed E-state index contributed by atoms with van der Waals surface area (Å²) >= 11 is 1.80. The average Bonchev–Trinajstić information content (AvgIpc) is 2.57. The van der Waals surface area contributed by atoms with Gasteiger partial charge >= 0.3 is 0 Å². The molecule has 0 amide bonds. The molecule has 0 aromatic carbocycles. The molecular formula is C11H19NS. The van der Waals surface area contributed by atoms with Crippen molar-refractivity contribution in [2.75, 3.05) is 0 Å². The van der Waals surface area contributed by atoms with Crippen molar-refractivity contribution in [3.63, 3.8) is 0 Å². The topological polar surface area (TPSA) is 12.9 Å². The van der Waals surface area contributed by atoms with E-state index in [2.05, 4.69) is 25.8 Å². The number of rotatable bonds is 5. The lowest BCUT2D eigenvalue weighted by Gasteiger charge is -2.27. The molecule has 2 heteroatoms. The number of hydrogen-bond acceptors (Lipinski definition) is 2. The van der Waals surface area contributed by atoms with E-state index in [9.17, 15) is 0 Å². The van der Waals surface area contributed by atoms with E-state index in [0.717, 1.165) is 0 Å². The molecule has 0 aliphatic heterocycles. The molecule has 1 aromatic rings. The zero-order valence-corrected chi connectivity index (χ0v) is 9.66. The van der Waals surface area contributed by atoms with Crippen LogP contribution in [0, 0.1) is 0 Å². The first-order valence-corrected chi connectivity index (χ1v) is 6.00. The Labute approximate surface area is 85.2 Å². The lowest BCUT2D eigenvalue weighted by atomic mass is 9.80. The molecule has 0 N–H and O–H groups in total. The SMILES string of the molecule is CCCC(C)(CCC)c1cncs1. The summed E-state index contributed by atoms with van der Waals surface area (Å²) < 4.78 is 0. The van der Waals surface area contributed by atoms with Gasteiger partial charge in [0, 0.05) is 16.5 Å². The van der Waals surface area contributed by atoms with Crippen molar-refractivity contribution in [3.05, 3.63) is 16.6 Å². The molecule has 74 valence electrons. The highest BCUT2D eigenvalue weighted by molar-refractivity contribution is 7.09. The Morgan fingerprint density at radius 1 is 1.31 bits per heavy atom. The standard InChI is InChI=1S/C11H19NS/c1-4-6-11(3,7-5-2)10-8-12-9-13-10/h8-9H,4-7H2,1-3H3. The molecule has 0 spiro atoms. The summed E-state index contributed by atoms with van der Waals surface area (Å²) in [7, 11) is 0. The van der Waals surface area contributed by atoms with Crippen molar-refractivity contribution < 1.29 is 0 Å². The van der Waals surface area contributed by atoms with Crippen LogP contribution in [0.5, 0.6) is 0 Å². The van der Waals surface area contributed by atoms with Crippen molar-refractivity contribution in [1.29, 1.82) is 0 Å². The van der Waals surface area contributed by atoms with Gasteiger partial charge in [-0.3, -0.25) is 4.98 Å². The maximum Gasteiger partial charge on any atom is 0.0794 e. The van der Waals surface area contributed by atoms with E-state index in [1.165, 1.54) is 30.6 Å². The largest absolute Gasteiger partial charge is 0.253 e. The molecule has 0 unspecified atom stereocenters. The Balaban J connectivity index is 2.78. The van der Waals surface area contributed by atoms with Gasteiger partial charge in [-0.05, 0) is 12.8 Å². The van der Waals surface area contributed by atoms with Crippen LogP contribution in [0.25, 0.3) is 0 Å². The van der Waals surface area contributed by atoms with Gasteiger partial charge < -0.3 is 0 Å². The molecule has 0 radical (unpaired) electrons. The van der Waals surface area contributed by atoms with Gasteiger partial charge in [0.15, 0.2) is 0 Å². The van der Waals surface area contributed by atoms with Crippen molar-refractivity contribution >= 4 is 11.3 Å². The van der Waals surface area contributed by atoms with E-state index in [-0.39, 0.29) is 0 Å². The van der Waals surface area contributed by atoms with Crippen LogP contribution in [0.1, 0.15) is 51.3 Å². The zero-order chi connectivity index (χ0) is 9.73. The highest BCUT2D eigenvalue weighted by Gasteiger charge is 2.25. The molecule has 0 atom stereocenters. The van der Waals surface area contributed by atoms with Crippen molar-refractivity contribution in [3.8, 4) is 0 Å². The average molecular weight is 197 g/mol. The predicted octanol–water partition coefficient (Wildman–Crippen LogP) is 4.00. The summed E-state index contributed by atoms with van der Waals surface area (Å²) in [5.74, 6) is 0. The van der Waals surface area contributed by atoms with Gasteiger partial charge in [0.2, 0.25) is 0 Å². The second-order valence-electron chi connectivity index (χ2n) is 3.93. The smallest absolute Gasteiger partial charge is 0.0794 e. The van der Waals surface area contributed by atoms with Gasteiger partial charge in [-0.1, -0.05) is 33.6 Å². The van der Waals surface area contributed by atoms with E-state index in [4.69, 9.17) is 0 Å². The van der Waals surface area contributed by atoms with Crippen molar-refractivity contribution in [1.82, 2.24) is 4.98 Å². The van der Waals surface area contributed by atoms with Crippen LogP contribution in [0.2, 0.25) is 0 Å². The molecule has 1 rings (SSSR count). The molecule has 1 heterocycles. The number of nitrogens with zero attached hydrogens (tertiary/aromatic N) is 1. The summed E-state index contributed by atoms with van der Waals surface area (Å²) in [6.07, 6.45) is 7.12. The number of thiazole rings is 1. The molecule has 1 nitrogen and oxygen atoms in total.